The van der Waals surface area contributed by atoms with Crippen LogP contribution in [0.5, 0.6) is 0 Å². The fourth-order valence-corrected chi connectivity index (χ4v) is 0. The standard InChI is InChI=1S/Na.4H2O.H/h;4*1H2;/p+2. The van der Waals surface area contributed by atoms with Gasteiger partial charge in [0.05, 0.1) is 0 Å². The Labute approximate surface area is 54.7 Å². The van der Waals surface area contributed by atoms with Crippen LogP contribution in [0.3, 0.4) is 0 Å². The number of hydrogen-bond donors (Lipinski definition) is 0. The Bertz CT molecular complexity index is 9.65. The first-order chi connectivity index (χ1) is 0. The third-order valence-corrected chi connectivity index (χ3v) is 0. The van der Waals surface area contributed by atoms with Crippen LogP contribution in [0.2, 0.25) is 0 Å². The van der Waals surface area contributed by atoms with Gasteiger partial charge in [-0.05, 0) is 0 Å². The normalized spacial score (nSPS) is 0. The monoisotopic (exact) mass is 98.1 g/mol. The van der Waals surface area contributed by atoms with E-state index in [2.05, 4.69) is 0 Å². The Kier molecular flexibility index (Phi) is 3920. The summed E-state index contributed by atoms with van der Waals surface area (Å²) in [6.07, 6.45) is 0. The SMILES string of the molecule is O.O.O.O.[H+].[H+].[NaH]. The van der Waals surface area contributed by atoms with Gasteiger partial charge in [0.1, 0.15) is 0 Å². The molecule has 0 aromatic rings. The van der Waals surface area contributed by atoms with Gasteiger partial charge in [0.25, 0.3) is 0 Å². The van der Waals surface area contributed by atoms with Crippen LogP contribution in [0.1, 0.15) is 2.85 Å². The van der Waals surface area contributed by atoms with Gasteiger partial charge in [0, 0.05) is 0 Å². The quantitative estimate of drug-likeness (QED) is 0.276. The van der Waals surface area contributed by atoms with Crippen molar-refractivity contribution in [2.75, 3.05) is 0 Å². The zero-order valence-corrected chi connectivity index (χ0v) is 2.00. The molecule has 5 heavy (non-hydrogen) atoms. The molecule has 5 heteroatoms. The molecule has 0 amide bonds. The second-order valence-corrected chi connectivity index (χ2v) is 0. The van der Waals surface area contributed by atoms with Crippen molar-refractivity contribution in [1.82, 2.24) is 0 Å². The van der Waals surface area contributed by atoms with E-state index in [1.165, 1.54) is 0 Å². The molecule has 0 aliphatic heterocycles. The zero-order valence-electron chi connectivity index (χ0n) is 4.00. The van der Waals surface area contributed by atoms with Crippen molar-refractivity contribution in [2.24, 2.45) is 0 Å². The summed E-state index contributed by atoms with van der Waals surface area (Å²) in [5.74, 6) is 0. The number of hydrogen-bond acceptors (Lipinski definition) is 0. The van der Waals surface area contributed by atoms with Crippen LogP contribution in [0.25, 0.3) is 0 Å². The molecule has 0 rings (SSSR count). The van der Waals surface area contributed by atoms with Crippen molar-refractivity contribution < 1.29 is 24.8 Å². The molecule has 4 nitrogen and oxygen atoms in total. The molecule has 34 valence electrons. The maximum atomic E-state index is 0. The van der Waals surface area contributed by atoms with Crippen LogP contribution in [0.15, 0.2) is 0 Å². The average molecular weight is 98.1 g/mol. The number of rotatable bonds is 0. The van der Waals surface area contributed by atoms with E-state index in [4.69, 9.17) is 0 Å². The summed E-state index contributed by atoms with van der Waals surface area (Å²) in [4.78, 5) is 0. The molecular formula is H11NaO4+2. The van der Waals surface area contributed by atoms with Crippen LogP contribution in [0, 0.1) is 0 Å². The average Bonchev–Trinajstić information content (AvgIpc) is 0. The molecule has 0 fully saturated rings. The van der Waals surface area contributed by atoms with Crippen molar-refractivity contribution in [3.8, 4) is 0 Å². The molecule has 0 aromatic carbocycles. The van der Waals surface area contributed by atoms with Crippen molar-refractivity contribution in [2.45, 2.75) is 0 Å². The molecule has 0 heterocycles. The fourth-order valence-electron chi connectivity index (χ4n) is 0. The molecule has 0 aromatic heterocycles. The first-order valence-corrected chi connectivity index (χ1v) is 0. The van der Waals surface area contributed by atoms with E-state index in [9.17, 15) is 0 Å². The van der Waals surface area contributed by atoms with E-state index >= 15 is 0 Å². The Morgan fingerprint density at radius 3 is 0.600 bits per heavy atom. The molecule has 0 atom stereocenters. The van der Waals surface area contributed by atoms with Crippen LogP contribution in [0.4, 0.5) is 0 Å². The predicted molar refractivity (Wildman–Crippen MR) is 23.8 cm³/mol. The van der Waals surface area contributed by atoms with Gasteiger partial charge in [-0.25, -0.2) is 0 Å². The predicted octanol–water partition coefficient (Wildman–Crippen LogP) is -3.72. The van der Waals surface area contributed by atoms with E-state index in [-0.39, 0.29) is 54.3 Å². The molecule has 0 aliphatic rings. The third-order valence-electron chi connectivity index (χ3n) is 0. The Balaban J connectivity index is 0. The van der Waals surface area contributed by atoms with Gasteiger partial charge in [0.2, 0.25) is 0 Å². The van der Waals surface area contributed by atoms with Crippen LogP contribution in [-0.4, -0.2) is 51.5 Å². The topological polar surface area (TPSA) is 126 Å². The molecule has 0 saturated carbocycles. The van der Waals surface area contributed by atoms with Crippen LogP contribution >= 0.6 is 0 Å². The molecule has 0 unspecified atom stereocenters. The Morgan fingerprint density at radius 1 is 0.600 bits per heavy atom. The summed E-state index contributed by atoms with van der Waals surface area (Å²) < 4.78 is 0. The van der Waals surface area contributed by atoms with E-state index in [1.54, 1.807) is 0 Å². The van der Waals surface area contributed by atoms with Crippen molar-refractivity contribution >= 4 is 29.6 Å². The fraction of sp³-hybridized carbons (Fsp3) is 0. The summed E-state index contributed by atoms with van der Waals surface area (Å²) in [5.41, 5.74) is 0. The van der Waals surface area contributed by atoms with Crippen LogP contribution in [-0.2, 0) is 0 Å². The van der Waals surface area contributed by atoms with Gasteiger partial charge >= 0.3 is 32.4 Å². The van der Waals surface area contributed by atoms with E-state index in [1.807, 2.05) is 0 Å². The summed E-state index contributed by atoms with van der Waals surface area (Å²) >= 11 is 0. The summed E-state index contributed by atoms with van der Waals surface area (Å²) in [5, 5.41) is 0. The molecule has 0 bridgehead atoms. The van der Waals surface area contributed by atoms with Gasteiger partial charge in [0.15, 0.2) is 0 Å². The second-order valence-electron chi connectivity index (χ2n) is 0. The third kappa shape index (κ3) is 55.3. The maximum absolute atomic E-state index is 0. The first kappa shape index (κ1) is 194. The zero-order chi connectivity index (χ0) is 0. The summed E-state index contributed by atoms with van der Waals surface area (Å²) in [6, 6.07) is 0. The van der Waals surface area contributed by atoms with Crippen molar-refractivity contribution in [3.63, 3.8) is 0 Å². The Morgan fingerprint density at radius 2 is 0.600 bits per heavy atom. The second kappa shape index (κ2) is 101. The first-order valence-electron chi connectivity index (χ1n) is 0. The summed E-state index contributed by atoms with van der Waals surface area (Å²) in [7, 11) is 0. The molecule has 0 saturated heterocycles. The molecule has 0 aliphatic carbocycles. The van der Waals surface area contributed by atoms with Gasteiger partial charge in [-0.1, -0.05) is 0 Å². The van der Waals surface area contributed by atoms with Crippen molar-refractivity contribution in [1.29, 1.82) is 0 Å². The molecule has 8 N–H and O–H groups in total. The van der Waals surface area contributed by atoms with E-state index in [0.29, 0.717) is 0 Å². The Hall–Kier alpha value is 0.840. The van der Waals surface area contributed by atoms with Gasteiger partial charge in [-0.3, -0.25) is 0 Å². The minimum atomic E-state index is 0. The van der Waals surface area contributed by atoms with E-state index in [0.717, 1.165) is 0 Å². The molecular weight excluding hydrogens is 87.0 g/mol. The minimum absolute atomic E-state index is 0. The summed E-state index contributed by atoms with van der Waals surface area (Å²) in [6.45, 7) is 0. The molecule has 0 spiro atoms. The molecule has 0 radical (unpaired) electrons. The van der Waals surface area contributed by atoms with Gasteiger partial charge in [-0.2, -0.15) is 0 Å². The van der Waals surface area contributed by atoms with Gasteiger partial charge < -0.3 is 21.9 Å². The van der Waals surface area contributed by atoms with E-state index < -0.39 is 0 Å². The van der Waals surface area contributed by atoms with Gasteiger partial charge in [-0.15, -0.1) is 0 Å². The van der Waals surface area contributed by atoms with Crippen molar-refractivity contribution in [3.05, 3.63) is 0 Å². The van der Waals surface area contributed by atoms with Crippen LogP contribution < -0.4 is 0 Å².